The fourth-order valence-electron chi connectivity index (χ4n) is 1.88. The van der Waals surface area contributed by atoms with E-state index < -0.39 is 0 Å². The smallest absolute Gasteiger partial charge is 0.124 e. The number of rotatable bonds is 6. The number of anilines is 1. The van der Waals surface area contributed by atoms with Gasteiger partial charge in [0.25, 0.3) is 0 Å². The number of hydrogen-bond acceptors (Lipinski definition) is 2. The second-order valence-electron chi connectivity index (χ2n) is 4.67. The molecule has 2 aromatic carbocycles. The van der Waals surface area contributed by atoms with Crippen LogP contribution in [-0.2, 0) is 6.54 Å². The zero-order chi connectivity index (χ0) is 15.2. The number of halogens is 2. The van der Waals surface area contributed by atoms with E-state index in [-0.39, 0.29) is 0 Å². The fourth-order valence-corrected chi connectivity index (χ4v) is 2.46. The first-order valence-electron chi connectivity index (χ1n) is 6.62. The molecule has 0 aliphatic carbocycles. The standard InChI is InChI=1S/C17H17BrClNO/c1-3-8-21-17-7-5-14(18)9-13(17)11-20-15-6-4-12(2)16(19)10-15/h3-7,9-10,20H,1,8,11H2,2H3. The van der Waals surface area contributed by atoms with Crippen LogP contribution in [0.2, 0.25) is 5.02 Å². The van der Waals surface area contributed by atoms with Gasteiger partial charge in [-0.25, -0.2) is 0 Å². The molecule has 0 aromatic heterocycles. The van der Waals surface area contributed by atoms with E-state index in [4.69, 9.17) is 16.3 Å². The van der Waals surface area contributed by atoms with Crippen LogP contribution in [0.15, 0.2) is 53.5 Å². The van der Waals surface area contributed by atoms with Crippen LogP contribution in [0.1, 0.15) is 11.1 Å². The Balaban J connectivity index is 2.12. The zero-order valence-electron chi connectivity index (χ0n) is 11.8. The van der Waals surface area contributed by atoms with Gasteiger partial charge in [-0.2, -0.15) is 0 Å². The third kappa shape index (κ3) is 4.51. The molecule has 0 bridgehead atoms. The van der Waals surface area contributed by atoms with E-state index >= 15 is 0 Å². The second kappa shape index (κ2) is 7.53. The first-order chi connectivity index (χ1) is 10.1. The summed E-state index contributed by atoms with van der Waals surface area (Å²) in [6.07, 6.45) is 1.74. The lowest BCUT2D eigenvalue weighted by atomic mass is 10.2. The topological polar surface area (TPSA) is 21.3 Å². The van der Waals surface area contributed by atoms with Gasteiger partial charge in [-0.15, -0.1) is 0 Å². The largest absolute Gasteiger partial charge is 0.489 e. The Labute approximate surface area is 138 Å². The van der Waals surface area contributed by atoms with Crippen molar-refractivity contribution >= 4 is 33.2 Å². The van der Waals surface area contributed by atoms with Crippen molar-refractivity contribution < 1.29 is 4.74 Å². The van der Waals surface area contributed by atoms with E-state index in [1.165, 1.54) is 0 Å². The molecule has 0 radical (unpaired) electrons. The van der Waals surface area contributed by atoms with Crippen LogP contribution in [0.25, 0.3) is 0 Å². The fraction of sp³-hybridized carbons (Fsp3) is 0.176. The first-order valence-corrected chi connectivity index (χ1v) is 7.79. The van der Waals surface area contributed by atoms with Gasteiger partial charge >= 0.3 is 0 Å². The second-order valence-corrected chi connectivity index (χ2v) is 5.99. The van der Waals surface area contributed by atoms with Crippen LogP contribution >= 0.6 is 27.5 Å². The molecule has 0 atom stereocenters. The van der Waals surface area contributed by atoms with Crippen molar-refractivity contribution in [3.05, 3.63) is 69.7 Å². The van der Waals surface area contributed by atoms with Gasteiger partial charge < -0.3 is 10.1 Å². The minimum Gasteiger partial charge on any atom is -0.489 e. The molecule has 1 N–H and O–H groups in total. The Morgan fingerprint density at radius 3 is 2.81 bits per heavy atom. The van der Waals surface area contributed by atoms with E-state index in [1.807, 2.05) is 43.3 Å². The normalized spacial score (nSPS) is 10.2. The molecule has 0 saturated heterocycles. The maximum Gasteiger partial charge on any atom is 0.124 e. The maximum absolute atomic E-state index is 6.14. The Hall–Kier alpha value is -1.45. The van der Waals surface area contributed by atoms with Crippen LogP contribution in [-0.4, -0.2) is 6.61 Å². The summed E-state index contributed by atoms with van der Waals surface area (Å²) < 4.78 is 6.69. The molecule has 2 nitrogen and oxygen atoms in total. The Bertz CT molecular complexity index is 643. The van der Waals surface area contributed by atoms with E-state index in [2.05, 4.69) is 27.8 Å². The molecule has 4 heteroatoms. The monoisotopic (exact) mass is 365 g/mol. The number of nitrogens with one attached hydrogen (secondary N) is 1. The number of hydrogen-bond donors (Lipinski definition) is 1. The third-order valence-electron chi connectivity index (χ3n) is 3.03. The van der Waals surface area contributed by atoms with Crippen molar-refractivity contribution in [2.75, 3.05) is 11.9 Å². The minimum atomic E-state index is 0.491. The van der Waals surface area contributed by atoms with Crippen molar-refractivity contribution in [3.63, 3.8) is 0 Å². The highest BCUT2D eigenvalue weighted by atomic mass is 79.9. The Kier molecular flexibility index (Phi) is 5.71. The Morgan fingerprint density at radius 1 is 1.29 bits per heavy atom. The van der Waals surface area contributed by atoms with Gasteiger partial charge in [0.2, 0.25) is 0 Å². The highest BCUT2D eigenvalue weighted by molar-refractivity contribution is 9.10. The van der Waals surface area contributed by atoms with Crippen molar-refractivity contribution in [1.29, 1.82) is 0 Å². The SMILES string of the molecule is C=CCOc1ccc(Br)cc1CNc1ccc(C)c(Cl)c1. The van der Waals surface area contributed by atoms with Crippen molar-refractivity contribution in [3.8, 4) is 5.75 Å². The van der Waals surface area contributed by atoms with Gasteiger partial charge in [0.15, 0.2) is 0 Å². The average molecular weight is 367 g/mol. The van der Waals surface area contributed by atoms with Gasteiger partial charge in [-0.1, -0.05) is 46.3 Å². The molecule has 2 rings (SSSR count). The summed E-state index contributed by atoms with van der Waals surface area (Å²) in [6.45, 7) is 6.81. The summed E-state index contributed by atoms with van der Waals surface area (Å²) in [5.41, 5.74) is 3.13. The van der Waals surface area contributed by atoms with E-state index in [9.17, 15) is 0 Å². The first kappa shape index (κ1) is 15.9. The maximum atomic E-state index is 6.14. The quantitative estimate of drug-likeness (QED) is 0.673. The predicted molar refractivity (Wildman–Crippen MR) is 93.3 cm³/mol. The van der Waals surface area contributed by atoms with Gasteiger partial charge in [0.1, 0.15) is 12.4 Å². The predicted octanol–water partition coefficient (Wildman–Crippen LogP) is 5.59. The molecule has 0 fully saturated rings. The van der Waals surface area contributed by atoms with Gasteiger partial charge in [0, 0.05) is 27.3 Å². The summed E-state index contributed by atoms with van der Waals surface area (Å²) in [5.74, 6) is 0.851. The molecule has 21 heavy (non-hydrogen) atoms. The molecule has 110 valence electrons. The highest BCUT2D eigenvalue weighted by Crippen LogP contribution is 2.25. The molecule has 0 spiro atoms. The summed E-state index contributed by atoms with van der Waals surface area (Å²) in [5, 5.41) is 4.12. The molecular formula is C17H17BrClNO. The summed E-state index contributed by atoms with van der Waals surface area (Å²) in [6, 6.07) is 11.9. The third-order valence-corrected chi connectivity index (χ3v) is 3.93. The lowest BCUT2D eigenvalue weighted by Gasteiger charge is -2.13. The molecule has 0 aliphatic rings. The van der Waals surface area contributed by atoms with E-state index in [0.29, 0.717) is 13.2 Å². The number of aryl methyl sites for hydroxylation is 1. The molecular weight excluding hydrogens is 350 g/mol. The molecule has 0 saturated carbocycles. The summed E-state index contributed by atoms with van der Waals surface area (Å²) >= 11 is 9.62. The van der Waals surface area contributed by atoms with Crippen LogP contribution in [0, 0.1) is 6.92 Å². The van der Waals surface area contributed by atoms with Gasteiger partial charge in [-0.05, 0) is 42.8 Å². The van der Waals surface area contributed by atoms with E-state index in [1.54, 1.807) is 6.08 Å². The van der Waals surface area contributed by atoms with Crippen LogP contribution in [0.5, 0.6) is 5.75 Å². The highest BCUT2D eigenvalue weighted by Gasteiger charge is 2.05. The van der Waals surface area contributed by atoms with Crippen LogP contribution in [0.3, 0.4) is 0 Å². The van der Waals surface area contributed by atoms with Crippen molar-refractivity contribution in [1.82, 2.24) is 0 Å². The van der Waals surface area contributed by atoms with E-state index in [0.717, 1.165) is 32.1 Å². The van der Waals surface area contributed by atoms with Crippen molar-refractivity contribution in [2.45, 2.75) is 13.5 Å². The molecule has 2 aromatic rings. The number of benzene rings is 2. The summed E-state index contributed by atoms with van der Waals surface area (Å²) in [7, 11) is 0. The minimum absolute atomic E-state index is 0.491. The van der Waals surface area contributed by atoms with Crippen LogP contribution < -0.4 is 10.1 Å². The van der Waals surface area contributed by atoms with Gasteiger partial charge in [-0.3, -0.25) is 0 Å². The van der Waals surface area contributed by atoms with Crippen molar-refractivity contribution in [2.24, 2.45) is 0 Å². The van der Waals surface area contributed by atoms with Crippen LogP contribution in [0.4, 0.5) is 5.69 Å². The lowest BCUT2D eigenvalue weighted by molar-refractivity contribution is 0.359. The molecule has 0 aliphatic heterocycles. The average Bonchev–Trinajstić information content (AvgIpc) is 2.47. The lowest BCUT2D eigenvalue weighted by Crippen LogP contribution is -2.03. The summed E-state index contributed by atoms with van der Waals surface area (Å²) in [4.78, 5) is 0. The molecule has 0 unspecified atom stereocenters. The van der Waals surface area contributed by atoms with Gasteiger partial charge in [0.05, 0.1) is 0 Å². The molecule has 0 heterocycles. The molecule has 0 amide bonds. The number of ether oxygens (including phenoxy) is 1. The Morgan fingerprint density at radius 2 is 2.10 bits per heavy atom. The zero-order valence-corrected chi connectivity index (χ0v) is 14.2.